The van der Waals surface area contributed by atoms with Crippen molar-refractivity contribution >= 4 is 17.7 Å². The predicted molar refractivity (Wildman–Crippen MR) is 131 cm³/mol. The van der Waals surface area contributed by atoms with Crippen molar-refractivity contribution in [1.82, 2.24) is 25.0 Å². The van der Waals surface area contributed by atoms with Crippen molar-refractivity contribution in [3.05, 3.63) is 58.4 Å². The first kappa shape index (κ1) is 23.1. The number of benzene rings is 1. The SMILES string of the molecule is CN1CCc2cc(CN3CC[C@H](Oc4ccc5c(c4)CN(C4CCC(=O)NC4=O)C5=O)C3)cnc2C1. The van der Waals surface area contributed by atoms with Crippen LogP contribution in [0.15, 0.2) is 30.5 Å². The molecule has 0 spiro atoms. The van der Waals surface area contributed by atoms with E-state index in [4.69, 9.17) is 9.72 Å². The average molecular weight is 490 g/mol. The highest BCUT2D eigenvalue weighted by Gasteiger charge is 2.39. The molecule has 2 atom stereocenters. The van der Waals surface area contributed by atoms with E-state index in [-0.39, 0.29) is 24.3 Å². The fraction of sp³-hybridized carbons (Fsp3) is 0.481. The van der Waals surface area contributed by atoms with Gasteiger partial charge in [0, 0.05) is 57.4 Å². The molecular weight excluding hydrogens is 458 g/mol. The Bertz CT molecular complexity index is 1230. The number of hydrogen-bond donors (Lipinski definition) is 1. The fourth-order valence-electron chi connectivity index (χ4n) is 5.79. The summed E-state index contributed by atoms with van der Waals surface area (Å²) < 4.78 is 6.31. The van der Waals surface area contributed by atoms with Gasteiger partial charge in [0.25, 0.3) is 5.91 Å². The van der Waals surface area contributed by atoms with Crippen LogP contribution >= 0.6 is 0 Å². The van der Waals surface area contributed by atoms with Crippen molar-refractivity contribution < 1.29 is 19.1 Å². The van der Waals surface area contributed by atoms with Crippen molar-refractivity contribution in [3.63, 3.8) is 0 Å². The van der Waals surface area contributed by atoms with Crippen LogP contribution in [0.3, 0.4) is 0 Å². The number of likely N-dealkylation sites (tertiary alicyclic amines) is 1. The summed E-state index contributed by atoms with van der Waals surface area (Å²) in [6.07, 6.45) is 4.72. The van der Waals surface area contributed by atoms with Crippen LogP contribution in [-0.2, 0) is 35.6 Å². The predicted octanol–water partition coefficient (Wildman–Crippen LogP) is 1.48. The topological polar surface area (TPSA) is 95.1 Å². The molecule has 6 rings (SSSR count). The highest BCUT2D eigenvalue weighted by atomic mass is 16.5. The summed E-state index contributed by atoms with van der Waals surface area (Å²) >= 11 is 0. The summed E-state index contributed by atoms with van der Waals surface area (Å²) in [5.74, 6) is -0.0877. The van der Waals surface area contributed by atoms with E-state index in [9.17, 15) is 14.4 Å². The van der Waals surface area contributed by atoms with E-state index in [1.54, 1.807) is 11.0 Å². The van der Waals surface area contributed by atoms with E-state index in [0.29, 0.717) is 18.5 Å². The van der Waals surface area contributed by atoms with Crippen LogP contribution in [0.2, 0.25) is 0 Å². The van der Waals surface area contributed by atoms with Gasteiger partial charge in [0.2, 0.25) is 11.8 Å². The molecule has 9 heteroatoms. The van der Waals surface area contributed by atoms with Crippen LogP contribution in [0.25, 0.3) is 0 Å². The average Bonchev–Trinajstić information content (AvgIpc) is 3.42. The largest absolute Gasteiger partial charge is 0.489 e. The Morgan fingerprint density at radius 2 is 1.94 bits per heavy atom. The summed E-state index contributed by atoms with van der Waals surface area (Å²) in [5.41, 5.74) is 5.29. The molecule has 9 nitrogen and oxygen atoms in total. The van der Waals surface area contributed by atoms with E-state index in [1.165, 1.54) is 16.8 Å². The lowest BCUT2D eigenvalue weighted by atomic mass is 10.0. The smallest absolute Gasteiger partial charge is 0.255 e. The molecule has 4 aliphatic heterocycles. The lowest BCUT2D eigenvalue weighted by molar-refractivity contribution is -0.136. The number of nitrogens with zero attached hydrogens (tertiary/aromatic N) is 4. The van der Waals surface area contributed by atoms with E-state index >= 15 is 0 Å². The number of imide groups is 1. The zero-order chi connectivity index (χ0) is 24.8. The normalized spacial score (nSPS) is 24.6. The second-order valence-electron chi connectivity index (χ2n) is 10.4. The third-order valence-electron chi connectivity index (χ3n) is 7.73. The number of nitrogens with one attached hydrogen (secondary N) is 1. The van der Waals surface area contributed by atoms with Crippen molar-refractivity contribution in [2.45, 2.75) is 57.5 Å². The Kier molecular flexibility index (Phi) is 5.97. The van der Waals surface area contributed by atoms with Crippen molar-refractivity contribution in [2.75, 3.05) is 26.7 Å². The number of piperidine rings is 1. The third kappa shape index (κ3) is 4.49. The van der Waals surface area contributed by atoms with E-state index < -0.39 is 11.9 Å². The molecule has 2 saturated heterocycles. The molecule has 0 bridgehead atoms. The lowest BCUT2D eigenvalue weighted by Crippen LogP contribution is -2.52. The van der Waals surface area contributed by atoms with Gasteiger partial charge in [-0.05, 0) is 61.2 Å². The Morgan fingerprint density at radius 1 is 1.06 bits per heavy atom. The minimum Gasteiger partial charge on any atom is -0.489 e. The maximum absolute atomic E-state index is 12.9. The number of rotatable bonds is 5. The van der Waals surface area contributed by atoms with Gasteiger partial charge in [-0.2, -0.15) is 0 Å². The first-order chi connectivity index (χ1) is 17.4. The van der Waals surface area contributed by atoms with Gasteiger partial charge >= 0.3 is 0 Å². The second kappa shape index (κ2) is 9.29. The number of amides is 3. The first-order valence-corrected chi connectivity index (χ1v) is 12.7. The molecule has 2 fully saturated rings. The Morgan fingerprint density at radius 3 is 2.81 bits per heavy atom. The first-order valence-electron chi connectivity index (χ1n) is 12.7. The van der Waals surface area contributed by atoms with E-state index in [0.717, 1.165) is 56.9 Å². The molecule has 1 N–H and O–H groups in total. The number of hydrogen-bond acceptors (Lipinski definition) is 7. The summed E-state index contributed by atoms with van der Waals surface area (Å²) in [6, 6.07) is 7.27. The number of ether oxygens (including phenoxy) is 1. The minimum atomic E-state index is -0.602. The zero-order valence-corrected chi connectivity index (χ0v) is 20.5. The quantitative estimate of drug-likeness (QED) is 0.636. The van der Waals surface area contributed by atoms with Gasteiger partial charge in [0.15, 0.2) is 0 Å². The molecule has 188 valence electrons. The van der Waals surface area contributed by atoms with Gasteiger partial charge in [0.1, 0.15) is 17.9 Å². The Hall–Kier alpha value is -3.30. The third-order valence-corrected chi connectivity index (χ3v) is 7.73. The maximum atomic E-state index is 12.9. The number of likely N-dealkylation sites (N-methyl/N-ethyl adjacent to an activating group) is 1. The number of carbonyl (C=O) groups excluding carboxylic acids is 3. The molecule has 3 amide bonds. The van der Waals surface area contributed by atoms with Crippen molar-refractivity contribution in [2.24, 2.45) is 0 Å². The summed E-state index contributed by atoms with van der Waals surface area (Å²) in [4.78, 5) is 47.6. The highest BCUT2D eigenvalue weighted by molar-refractivity contribution is 6.05. The number of pyridine rings is 1. The standard InChI is InChI=1S/C27H31N5O4/c1-30-8-6-18-10-17(12-28-23(18)16-30)13-31-9-7-21(15-31)36-20-2-3-22-19(11-20)14-32(27(22)35)24-4-5-25(33)29-26(24)34/h2-3,10-12,21,24H,4-9,13-16H2,1H3,(H,29,33,34)/t21-,24?/m0/s1. The molecule has 1 aromatic carbocycles. The highest BCUT2D eigenvalue weighted by Crippen LogP contribution is 2.31. The van der Waals surface area contributed by atoms with Gasteiger partial charge in [-0.25, -0.2) is 0 Å². The van der Waals surface area contributed by atoms with Gasteiger partial charge in [0.05, 0.1) is 5.69 Å². The molecule has 0 saturated carbocycles. The van der Waals surface area contributed by atoms with Gasteiger partial charge in [-0.3, -0.25) is 29.6 Å². The summed E-state index contributed by atoms with van der Waals surface area (Å²) in [5, 5.41) is 2.34. The number of carbonyl (C=O) groups is 3. The maximum Gasteiger partial charge on any atom is 0.255 e. The van der Waals surface area contributed by atoms with Crippen LogP contribution in [0.4, 0.5) is 0 Å². The van der Waals surface area contributed by atoms with Gasteiger partial charge in [-0.1, -0.05) is 6.07 Å². The van der Waals surface area contributed by atoms with Crippen LogP contribution in [0, 0.1) is 0 Å². The molecule has 0 aliphatic carbocycles. The minimum absolute atomic E-state index is 0.0885. The van der Waals surface area contributed by atoms with E-state index in [1.807, 2.05) is 18.3 Å². The molecule has 4 aliphatic rings. The van der Waals surface area contributed by atoms with Crippen LogP contribution in [-0.4, -0.2) is 76.2 Å². The fourth-order valence-corrected chi connectivity index (χ4v) is 5.79. The summed E-state index contributed by atoms with van der Waals surface area (Å²) in [7, 11) is 2.14. The zero-order valence-electron chi connectivity index (χ0n) is 20.5. The second-order valence-corrected chi connectivity index (χ2v) is 10.4. The molecule has 0 radical (unpaired) electrons. The Labute approximate surface area is 210 Å². The van der Waals surface area contributed by atoms with Crippen LogP contribution in [0.5, 0.6) is 5.75 Å². The number of aromatic nitrogens is 1. The van der Waals surface area contributed by atoms with Gasteiger partial charge in [-0.15, -0.1) is 0 Å². The molecule has 36 heavy (non-hydrogen) atoms. The van der Waals surface area contributed by atoms with Gasteiger partial charge < -0.3 is 14.5 Å². The molecule has 1 unspecified atom stereocenters. The monoisotopic (exact) mass is 489 g/mol. The molecule has 2 aromatic rings. The number of fused-ring (bicyclic) bond motifs is 2. The van der Waals surface area contributed by atoms with Crippen LogP contribution < -0.4 is 10.1 Å². The molecule has 5 heterocycles. The van der Waals surface area contributed by atoms with Crippen molar-refractivity contribution in [1.29, 1.82) is 0 Å². The summed E-state index contributed by atoms with van der Waals surface area (Å²) in [6.45, 7) is 5.04. The molecule has 1 aromatic heterocycles. The van der Waals surface area contributed by atoms with E-state index in [2.05, 4.69) is 28.2 Å². The Balaban J connectivity index is 1.06. The van der Waals surface area contributed by atoms with Crippen LogP contribution in [0.1, 0.15) is 52.0 Å². The lowest BCUT2D eigenvalue weighted by Gasteiger charge is -2.29. The van der Waals surface area contributed by atoms with Crippen molar-refractivity contribution in [3.8, 4) is 5.75 Å². The molecular formula is C27H31N5O4.